The smallest absolute Gasteiger partial charge is 0.311 e. The van der Waals surface area contributed by atoms with Gasteiger partial charge in [0, 0.05) is 18.1 Å². The molecule has 1 unspecified atom stereocenters. The summed E-state index contributed by atoms with van der Waals surface area (Å²) in [4.78, 5) is 23.7. The molecule has 8 heteroatoms. The first-order chi connectivity index (χ1) is 13.5. The molecule has 2 aromatic carbocycles. The van der Waals surface area contributed by atoms with Gasteiger partial charge in [0.25, 0.3) is 0 Å². The quantitative estimate of drug-likeness (QED) is 0.554. The van der Waals surface area contributed by atoms with Gasteiger partial charge in [-0.25, -0.2) is 0 Å². The minimum Gasteiger partial charge on any atom is -0.493 e. The Labute approximate surface area is 162 Å². The van der Waals surface area contributed by atoms with Crippen LogP contribution >= 0.6 is 0 Å². The van der Waals surface area contributed by atoms with Crippen LogP contribution in [-0.4, -0.2) is 39.1 Å². The van der Waals surface area contributed by atoms with Gasteiger partial charge >= 0.3 is 5.69 Å². The van der Waals surface area contributed by atoms with Crippen molar-refractivity contribution in [3.8, 4) is 23.0 Å². The summed E-state index contributed by atoms with van der Waals surface area (Å²) >= 11 is 0. The minimum atomic E-state index is -0.665. The SMILES string of the molecule is COc1ccc(C2C(=O)CCc3c2cc(OC)c(OC)c3OC)cc1[N+](=O)[O-]. The maximum Gasteiger partial charge on any atom is 0.311 e. The van der Waals surface area contributed by atoms with E-state index in [4.69, 9.17) is 18.9 Å². The van der Waals surface area contributed by atoms with Crippen molar-refractivity contribution in [1.29, 1.82) is 0 Å². The number of hydrogen-bond acceptors (Lipinski definition) is 7. The second-order valence-corrected chi connectivity index (χ2v) is 6.30. The highest BCUT2D eigenvalue weighted by Gasteiger charge is 2.35. The van der Waals surface area contributed by atoms with Crippen molar-refractivity contribution in [2.45, 2.75) is 18.8 Å². The summed E-state index contributed by atoms with van der Waals surface area (Å²) in [6.45, 7) is 0. The van der Waals surface area contributed by atoms with Crippen LogP contribution in [-0.2, 0) is 11.2 Å². The number of ether oxygens (including phenoxy) is 4. The van der Waals surface area contributed by atoms with Gasteiger partial charge in [-0.1, -0.05) is 6.07 Å². The van der Waals surface area contributed by atoms with Crippen LogP contribution in [0.5, 0.6) is 23.0 Å². The fraction of sp³-hybridized carbons (Fsp3) is 0.350. The molecule has 0 saturated carbocycles. The number of nitro groups is 1. The second-order valence-electron chi connectivity index (χ2n) is 6.30. The van der Waals surface area contributed by atoms with Gasteiger partial charge in [-0.05, 0) is 29.7 Å². The molecule has 1 aliphatic rings. The number of nitrogens with zero attached hydrogens (tertiary/aromatic N) is 1. The van der Waals surface area contributed by atoms with Crippen LogP contribution < -0.4 is 18.9 Å². The average molecular weight is 387 g/mol. The molecule has 0 spiro atoms. The summed E-state index contributed by atoms with van der Waals surface area (Å²) in [5, 5.41) is 11.4. The van der Waals surface area contributed by atoms with Crippen molar-refractivity contribution < 1.29 is 28.7 Å². The summed E-state index contributed by atoms with van der Waals surface area (Å²) in [7, 11) is 5.92. The third-order valence-corrected chi connectivity index (χ3v) is 4.95. The van der Waals surface area contributed by atoms with Crippen LogP contribution in [0.3, 0.4) is 0 Å². The number of methoxy groups -OCH3 is 4. The fourth-order valence-corrected chi connectivity index (χ4v) is 3.71. The van der Waals surface area contributed by atoms with E-state index in [2.05, 4.69) is 0 Å². The summed E-state index contributed by atoms with van der Waals surface area (Å²) < 4.78 is 21.5. The zero-order valence-electron chi connectivity index (χ0n) is 16.1. The largest absolute Gasteiger partial charge is 0.493 e. The number of ketones is 1. The highest BCUT2D eigenvalue weighted by atomic mass is 16.6. The van der Waals surface area contributed by atoms with Gasteiger partial charge in [0.2, 0.25) is 5.75 Å². The number of Topliss-reactive ketones (excluding diaryl/α,β-unsaturated/α-hetero) is 1. The van der Waals surface area contributed by atoms with Gasteiger partial charge in [0.1, 0.15) is 5.78 Å². The Hall–Kier alpha value is -3.29. The zero-order valence-corrected chi connectivity index (χ0v) is 16.1. The zero-order chi connectivity index (χ0) is 20.4. The Morgan fingerprint density at radius 3 is 2.18 bits per heavy atom. The molecule has 148 valence electrons. The third kappa shape index (κ3) is 3.11. The number of carbonyl (C=O) groups excluding carboxylic acids is 1. The molecule has 0 aliphatic heterocycles. The van der Waals surface area contributed by atoms with E-state index >= 15 is 0 Å². The molecule has 28 heavy (non-hydrogen) atoms. The number of rotatable bonds is 6. The van der Waals surface area contributed by atoms with Crippen molar-refractivity contribution in [2.75, 3.05) is 28.4 Å². The van der Waals surface area contributed by atoms with Gasteiger partial charge in [0.05, 0.1) is 39.3 Å². The van der Waals surface area contributed by atoms with E-state index in [1.807, 2.05) is 0 Å². The fourth-order valence-electron chi connectivity index (χ4n) is 3.71. The lowest BCUT2D eigenvalue weighted by Gasteiger charge is -2.28. The monoisotopic (exact) mass is 387 g/mol. The van der Waals surface area contributed by atoms with E-state index in [9.17, 15) is 14.9 Å². The molecular weight excluding hydrogens is 366 g/mol. The molecular formula is C20H21NO7. The summed E-state index contributed by atoms with van der Waals surface area (Å²) in [6, 6.07) is 6.31. The molecule has 2 aromatic rings. The van der Waals surface area contributed by atoms with E-state index in [1.165, 1.54) is 40.6 Å². The molecule has 0 bridgehead atoms. The lowest BCUT2D eigenvalue weighted by atomic mass is 9.77. The van der Waals surface area contributed by atoms with Crippen LogP contribution in [0, 0.1) is 10.1 Å². The maximum atomic E-state index is 12.8. The van der Waals surface area contributed by atoms with Gasteiger partial charge in [0.15, 0.2) is 17.2 Å². The lowest BCUT2D eigenvalue weighted by molar-refractivity contribution is -0.385. The highest BCUT2D eigenvalue weighted by Crippen LogP contribution is 2.48. The third-order valence-electron chi connectivity index (χ3n) is 4.95. The molecule has 1 aliphatic carbocycles. The maximum absolute atomic E-state index is 12.8. The molecule has 0 saturated heterocycles. The number of benzene rings is 2. The Balaban J connectivity index is 2.24. The highest BCUT2D eigenvalue weighted by molar-refractivity contribution is 5.92. The van der Waals surface area contributed by atoms with Crippen LogP contribution in [0.15, 0.2) is 24.3 Å². The van der Waals surface area contributed by atoms with Crippen LogP contribution in [0.1, 0.15) is 29.0 Å². The first-order valence-corrected chi connectivity index (χ1v) is 8.63. The van der Waals surface area contributed by atoms with Crippen LogP contribution in [0.2, 0.25) is 0 Å². The summed E-state index contributed by atoms with van der Waals surface area (Å²) in [6.07, 6.45) is 0.787. The number of hydrogen-bond donors (Lipinski definition) is 0. The van der Waals surface area contributed by atoms with Crippen molar-refractivity contribution in [2.24, 2.45) is 0 Å². The molecule has 1 atom stereocenters. The summed E-state index contributed by atoms with van der Waals surface area (Å²) in [5.74, 6) is 0.848. The Morgan fingerprint density at radius 1 is 0.929 bits per heavy atom. The van der Waals surface area contributed by atoms with Crippen LogP contribution in [0.25, 0.3) is 0 Å². The minimum absolute atomic E-state index is 0.0266. The molecule has 8 nitrogen and oxygen atoms in total. The normalized spacial score (nSPS) is 15.6. The molecule has 3 rings (SSSR count). The first-order valence-electron chi connectivity index (χ1n) is 8.63. The van der Waals surface area contributed by atoms with E-state index in [-0.39, 0.29) is 17.2 Å². The van der Waals surface area contributed by atoms with Crippen molar-refractivity contribution in [3.05, 3.63) is 51.1 Å². The predicted octanol–water partition coefficient (Wildman–Crippen LogP) is 3.28. The first kappa shape index (κ1) is 19.5. The van der Waals surface area contributed by atoms with Gasteiger partial charge in [-0.2, -0.15) is 0 Å². The standard InChI is InChI=1S/C20H21NO7/c1-25-16-8-5-11(9-14(16)21(23)24)18-13-10-17(26-2)20(28-4)19(27-3)12(13)6-7-15(18)22/h5,8-10,18H,6-7H2,1-4H3. The molecule has 0 N–H and O–H groups in total. The van der Waals surface area contributed by atoms with E-state index in [1.54, 1.807) is 12.1 Å². The van der Waals surface area contributed by atoms with E-state index in [0.29, 0.717) is 41.2 Å². The molecule has 0 heterocycles. The molecule has 0 aromatic heterocycles. The number of fused-ring (bicyclic) bond motifs is 1. The Kier molecular flexibility index (Phi) is 5.39. The molecule has 0 amide bonds. The second kappa shape index (κ2) is 7.75. The summed E-state index contributed by atoms with van der Waals surface area (Å²) in [5.41, 5.74) is 1.87. The average Bonchev–Trinajstić information content (AvgIpc) is 2.71. The molecule has 0 fully saturated rings. The van der Waals surface area contributed by atoms with Gasteiger partial charge in [-0.15, -0.1) is 0 Å². The Morgan fingerprint density at radius 2 is 1.61 bits per heavy atom. The number of carbonyl (C=O) groups is 1. The van der Waals surface area contributed by atoms with E-state index < -0.39 is 10.8 Å². The van der Waals surface area contributed by atoms with Gasteiger partial charge in [-0.3, -0.25) is 14.9 Å². The van der Waals surface area contributed by atoms with Crippen molar-refractivity contribution in [1.82, 2.24) is 0 Å². The predicted molar refractivity (Wildman–Crippen MR) is 101 cm³/mol. The van der Waals surface area contributed by atoms with Crippen LogP contribution in [0.4, 0.5) is 5.69 Å². The van der Waals surface area contributed by atoms with Crippen molar-refractivity contribution in [3.63, 3.8) is 0 Å². The van der Waals surface area contributed by atoms with E-state index in [0.717, 1.165) is 5.56 Å². The van der Waals surface area contributed by atoms with Gasteiger partial charge < -0.3 is 18.9 Å². The lowest BCUT2D eigenvalue weighted by Crippen LogP contribution is -2.22. The topological polar surface area (TPSA) is 97.1 Å². The number of nitro benzene ring substituents is 1. The van der Waals surface area contributed by atoms with Crippen molar-refractivity contribution >= 4 is 11.5 Å². The molecule has 0 radical (unpaired) electrons. The Bertz CT molecular complexity index is 939.